The molecule has 0 radical (unpaired) electrons. The number of piperidine rings is 1. The smallest absolute Gasteiger partial charge is 0.0406 e. The predicted molar refractivity (Wildman–Crippen MR) is 68.8 cm³/mol. The van der Waals surface area contributed by atoms with Crippen molar-refractivity contribution in [2.75, 3.05) is 20.1 Å². The Morgan fingerprint density at radius 1 is 1.25 bits per heavy atom. The lowest BCUT2D eigenvalue weighted by molar-refractivity contribution is 0.294. The maximum absolute atomic E-state index is 5.91. The highest BCUT2D eigenvalue weighted by Crippen LogP contribution is 2.29. The number of benzene rings is 1. The van der Waals surface area contributed by atoms with Gasteiger partial charge in [0.2, 0.25) is 0 Å². The van der Waals surface area contributed by atoms with Crippen molar-refractivity contribution in [2.24, 2.45) is 5.92 Å². The van der Waals surface area contributed by atoms with E-state index in [-0.39, 0.29) is 0 Å². The Hall–Kier alpha value is -0.570. The van der Waals surface area contributed by atoms with Crippen LogP contribution < -0.4 is 10.6 Å². The van der Waals surface area contributed by atoms with Crippen LogP contribution >= 0.6 is 11.6 Å². The lowest BCUT2D eigenvalue weighted by Crippen LogP contribution is -2.35. The van der Waals surface area contributed by atoms with Crippen LogP contribution in [0.15, 0.2) is 24.3 Å². The molecule has 3 heteroatoms. The summed E-state index contributed by atoms with van der Waals surface area (Å²) in [6, 6.07) is 8.67. The van der Waals surface area contributed by atoms with Gasteiger partial charge in [-0.1, -0.05) is 23.7 Å². The molecule has 1 aliphatic rings. The van der Waals surface area contributed by atoms with E-state index in [1.807, 2.05) is 19.2 Å². The van der Waals surface area contributed by atoms with E-state index in [0.717, 1.165) is 24.0 Å². The SMILES string of the molecule is CNC(c1ccc(Cl)cc1)C1CCNCC1. The molecule has 1 atom stereocenters. The first kappa shape index (κ1) is 11.9. The average molecular weight is 239 g/mol. The largest absolute Gasteiger partial charge is 0.317 e. The van der Waals surface area contributed by atoms with E-state index < -0.39 is 0 Å². The Labute approximate surface area is 102 Å². The number of nitrogens with one attached hydrogen (secondary N) is 2. The van der Waals surface area contributed by atoms with Crippen molar-refractivity contribution >= 4 is 11.6 Å². The summed E-state index contributed by atoms with van der Waals surface area (Å²) < 4.78 is 0. The van der Waals surface area contributed by atoms with Crippen LogP contribution in [0.3, 0.4) is 0 Å². The van der Waals surface area contributed by atoms with Gasteiger partial charge in [-0.2, -0.15) is 0 Å². The molecule has 1 heterocycles. The molecule has 2 N–H and O–H groups in total. The molecule has 2 nitrogen and oxygen atoms in total. The third-order valence-corrected chi connectivity index (χ3v) is 3.65. The van der Waals surface area contributed by atoms with E-state index in [2.05, 4.69) is 22.8 Å². The summed E-state index contributed by atoms with van der Waals surface area (Å²) >= 11 is 5.91. The standard InChI is InChI=1S/C13H19ClN2/c1-15-13(11-6-8-16-9-7-11)10-2-4-12(14)5-3-10/h2-5,11,13,15-16H,6-9H2,1H3. The average Bonchev–Trinajstić information content (AvgIpc) is 2.34. The molecule has 2 rings (SSSR count). The van der Waals surface area contributed by atoms with Gasteiger partial charge in [0.1, 0.15) is 0 Å². The van der Waals surface area contributed by atoms with Crippen LogP contribution in [-0.2, 0) is 0 Å². The van der Waals surface area contributed by atoms with Gasteiger partial charge in [-0.25, -0.2) is 0 Å². The molecular formula is C13H19ClN2. The lowest BCUT2D eigenvalue weighted by atomic mass is 9.86. The molecule has 1 fully saturated rings. The normalized spacial score (nSPS) is 19.6. The Bertz CT molecular complexity index is 317. The molecule has 0 saturated carbocycles. The van der Waals surface area contributed by atoms with Crippen molar-refractivity contribution in [1.82, 2.24) is 10.6 Å². The molecule has 1 saturated heterocycles. The first-order chi connectivity index (χ1) is 7.81. The van der Waals surface area contributed by atoms with Crippen LogP contribution in [0, 0.1) is 5.92 Å². The molecule has 88 valence electrons. The zero-order chi connectivity index (χ0) is 11.4. The number of rotatable bonds is 3. The Balaban J connectivity index is 2.11. The summed E-state index contributed by atoms with van der Waals surface area (Å²) in [6.45, 7) is 2.27. The summed E-state index contributed by atoms with van der Waals surface area (Å²) in [5.41, 5.74) is 1.35. The van der Waals surface area contributed by atoms with Gasteiger partial charge in [0, 0.05) is 11.1 Å². The summed E-state index contributed by atoms with van der Waals surface area (Å²) in [7, 11) is 2.04. The first-order valence-electron chi connectivity index (χ1n) is 5.94. The molecule has 0 aromatic heterocycles. The van der Waals surface area contributed by atoms with Gasteiger partial charge >= 0.3 is 0 Å². The molecular weight excluding hydrogens is 220 g/mol. The number of hydrogen-bond acceptors (Lipinski definition) is 2. The third kappa shape index (κ3) is 2.76. The van der Waals surface area contributed by atoms with E-state index in [1.165, 1.54) is 18.4 Å². The second-order valence-corrected chi connectivity index (χ2v) is 4.84. The highest BCUT2D eigenvalue weighted by atomic mass is 35.5. The van der Waals surface area contributed by atoms with Gasteiger partial charge in [0.15, 0.2) is 0 Å². The maximum atomic E-state index is 5.91. The van der Waals surface area contributed by atoms with Gasteiger partial charge in [-0.15, -0.1) is 0 Å². The van der Waals surface area contributed by atoms with Gasteiger partial charge < -0.3 is 10.6 Å². The van der Waals surface area contributed by atoms with Crippen LogP contribution in [0.1, 0.15) is 24.4 Å². The Morgan fingerprint density at radius 2 is 1.88 bits per heavy atom. The zero-order valence-electron chi connectivity index (χ0n) is 9.67. The van der Waals surface area contributed by atoms with Crippen molar-refractivity contribution in [1.29, 1.82) is 0 Å². The third-order valence-electron chi connectivity index (χ3n) is 3.40. The van der Waals surface area contributed by atoms with Gasteiger partial charge in [-0.05, 0) is 56.6 Å². The second kappa shape index (κ2) is 5.67. The molecule has 1 aromatic carbocycles. The van der Waals surface area contributed by atoms with Crippen LogP contribution in [0.25, 0.3) is 0 Å². The van der Waals surface area contributed by atoms with Gasteiger partial charge in [-0.3, -0.25) is 0 Å². The fourth-order valence-electron chi connectivity index (χ4n) is 2.52. The first-order valence-corrected chi connectivity index (χ1v) is 6.32. The topological polar surface area (TPSA) is 24.1 Å². The monoisotopic (exact) mass is 238 g/mol. The summed E-state index contributed by atoms with van der Waals surface area (Å²) in [5.74, 6) is 0.729. The fraction of sp³-hybridized carbons (Fsp3) is 0.538. The molecule has 16 heavy (non-hydrogen) atoms. The quantitative estimate of drug-likeness (QED) is 0.846. The van der Waals surface area contributed by atoms with Crippen molar-refractivity contribution in [2.45, 2.75) is 18.9 Å². The Kier molecular flexibility index (Phi) is 4.22. The molecule has 1 aromatic rings. The highest BCUT2D eigenvalue weighted by Gasteiger charge is 2.23. The molecule has 0 spiro atoms. The fourth-order valence-corrected chi connectivity index (χ4v) is 2.65. The minimum Gasteiger partial charge on any atom is -0.317 e. The molecule has 1 unspecified atom stereocenters. The number of hydrogen-bond donors (Lipinski definition) is 2. The molecule has 0 aliphatic carbocycles. The number of halogens is 1. The highest BCUT2D eigenvalue weighted by molar-refractivity contribution is 6.30. The maximum Gasteiger partial charge on any atom is 0.0406 e. The molecule has 1 aliphatic heterocycles. The van der Waals surface area contributed by atoms with Crippen LogP contribution in [-0.4, -0.2) is 20.1 Å². The van der Waals surface area contributed by atoms with Crippen LogP contribution in [0.5, 0.6) is 0 Å². The summed E-state index contributed by atoms with van der Waals surface area (Å²) in [6.07, 6.45) is 2.49. The van der Waals surface area contributed by atoms with Crippen molar-refractivity contribution in [3.05, 3.63) is 34.9 Å². The zero-order valence-corrected chi connectivity index (χ0v) is 10.4. The van der Waals surface area contributed by atoms with E-state index in [9.17, 15) is 0 Å². The van der Waals surface area contributed by atoms with Gasteiger partial charge in [0.05, 0.1) is 0 Å². The van der Waals surface area contributed by atoms with Crippen LogP contribution in [0.4, 0.5) is 0 Å². The van der Waals surface area contributed by atoms with Crippen molar-refractivity contribution in [3.63, 3.8) is 0 Å². The lowest BCUT2D eigenvalue weighted by Gasteiger charge is -2.30. The van der Waals surface area contributed by atoms with Gasteiger partial charge in [0.25, 0.3) is 0 Å². The van der Waals surface area contributed by atoms with E-state index in [0.29, 0.717) is 6.04 Å². The summed E-state index contributed by atoms with van der Waals surface area (Å²) in [5, 5.41) is 7.65. The predicted octanol–water partition coefficient (Wildman–Crippen LogP) is 2.60. The van der Waals surface area contributed by atoms with Crippen molar-refractivity contribution in [3.8, 4) is 0 Å². The van der Waals surface area contributed by atoms with E-state index in [4.69, 9.17) is 11.6 Å². The second-order valence-electron chi connectivity index (χ2n) is 4.41. The molecule has 0 amide bonds. The van der Waals surface area contributed by atoms with Crippen molar-refractivity contribution < 1.29 is 0 Å². The minimum atomic E-state index is 0.458. The minimum absolute atomic E-state index is 0.458. The summed E-state index contributed by atoms with van der Waals surface area (Å²) in [4.78, 5) is 0. The van der Waals surface area contributed by atoms with E-state index >= 15 is 0 Å². The Morgan fingerprint density at radius 3 is 2.44 bits per heavy atom. The molecule has 0 bridgehead atoms. The van der Waals surface area contributed by atoms with E-state index in [1.54, 1.807) is 0 Å². The van der Waals surface area contributed by atoms with Crippen LogP contribution in [0.2, 0.25) is 5.02 Å².